The van der Waals surface area contributed by atoms with Crippen LogP contribution >= 0.6 is 0 Å². The number of hydrogen-bond donors (Lipinski definition) is 10. The highest BCUT2D eigenvalue weighted by Crippen LogP contribution is 2.27. The van der Waals surface area contributed by atoms with Crippen LogP contribution in [0, 0.1) is 17.7 Å². The third kappa shape index (κ3) is 9.33. The summed E-state index contributed by atoms with van der Waals surface area (Å²) in [6.45, 7) is 1.87. The van der Waals surface area contributed by atoms with Crippen LogP contribution in [0.2, 0.25) is 0 Å². The Morgan fingerprint density at radius 3 is 1.40 bits per heavy atom. The van der Waals surface area contributed by atoms with Crippen molar-refractivity contribution in [2.75, 3.05) is 0 Å². The van der Waals surface area contributed by atoms with E-state index in [2.05, 4.69) is 49.9 Å². The average molecular weight is 755 g/mol. The van der Waals surface area contributed by atoms with E-state index in [1.165, 1.54) is 36.4 Å². The fourth-order valence-corrected chi connectivity index (χ4v) is 6.30. The molecule has 0 aliphatic rings. The summed E-state index contributed by atoms with van der Waals surface area (Å²) < 4.78 is 69.9. The Bertz CT molecular complexity index is 3030. The van der Waals surface area contributed by atoms with Gasteiger partial charge in [0.15, 0.2) is 0 Å². The number of nitrogens with one attached hydrogen (secondary N) is 8. The largest absolute Gasteiger partial charge is 0.296 e. The van der Waals surface area contributed by atoms with Gasteiger partial charge in [0.25, 0.3) is 20.2 Å². The summed E-state index contributed by atoms with van der Waals surface area (Å²) in [7, 11) is -9.66. The number of hydrogen-bond acceptors (Lipinski definition) is 10. The van der Waals surface area contributed by atoms with Crippen LogP contribution in [0.4, 0.5) is 22.7 Å². The number of aromatic amines is 6. The van der Waals surface area contributed by atoms with E-state index in [0.29, 0.717) is 11.4 Å². The van der Waals surface area contributed by atoms with Crippen LogP contribution in [0.15, 0.2) is 121 Å². The topological polar surface area (TPSA) is 301 Å². The molecule has 20 heteroatoms. The molecule has 0 radical (unpaired) electrons. The van der Waals surface area contributed by atoms with Crippen molar-refractivity contribution >= 4 is 55.1 Å². The van der Waals surface area contributed by atoms with Gasteiger partial charge < -0.3 is 0 Å². The quantitative estimate of drug-likeness (QED) is 0.0822. The van der Waals surface area contributed by atoms with E-state index in [-0.39, 0.29) is 56.2 Å². The first-order chi connectivity index (χ1) is 25.2. The Morgan fingerprint density at radius 2 is 0.943 bits per heavy atom. The molecular weight excluding hydrogens is 725 g/mol. The van der Waals surface area contributed by atoms with E-state index in [4.69, 9.17) is 10.8 Å². The number of H-pyrrole nitrogens is 6. The second-order valence-electron chi connectivity index (χ2n) is 11.2. The lowest BCUT2D eigenvalue weighted by atomic mass is 10.1. The second-order valence-corrected chi connectivity index (χ2v) is 14.0. The molecule has 6 aromatic rings. The van der Waals surface area contributed by atoms with Crippen LogP contribution in [-0.2, 0) is 20.2 Å². The van der Waals surface area contributed by atoms with Crippen molar-refractivity contribution in [1.82, 2.24) is 29.9 Å². The van der Waals surface area contributed by atoms with Crippen LogP contribution in [0.1, 0.15) is 16.7 Å². The zero-order valence-electron chi connectivity index (χ0n) is 27.4. The van der Waals surface area contributed by atoms with Gasteiger partial charge in [0.05, 0.1) is 22.7 Å². The number of aromatic nitrogens is 6. The molecule has 0 unspecified atom stereocenters. The van der Waals surface area contributed by atoms with Crippen molar-refractivity contribution < 1.29 is 25.9 Å². The van der Waals surface area contributed by atoms with Crippen molar-refractivity contribution in [2.24, 2.45) is 20.0 Å². The molecule has 10 N–H and O–H groups in total. The van der Waals surface area contributed by atoms with Crippen LogP contribution < -0.4 is 33.7 Å². The fraction of sp³-hybridized carbons (Fsp3) is 0.0303. The molecule has 0 fully saturated rings. The average Bonchev–Trinajstić information content (AvgIpc) is 3.08. The molecule has 0 saturated heterocycles. The molecule has 0 amide bonds. The van der Waals surface area contributed by atoms with E-state index in [1.54, 1.807) is 30.3 Å². The summed E-state index contributed by atoms with van der Waals surface area (Å²) in [4.78, 5) is 32.9. The smallest absolute Gasteiger partial charge is 0.295 e. The van der Waals surface area contributed by atoms with Crippen molar-refractivity contribution in [3.8, 4) is 0 Å². The Kier molecular flexibility index (Phi) is 10.1. The number of nitrogens with zero attached hydrogens (tertiary/aromatic N) is 4. The SMILES string of the molecule is Cc1ccccc1N=c1[nH]c(=N)[nH]c(=Nc2ccc(/C=C/c3ccc(N=c4[nH]c(=N)[nH]c(=Nc5ccccc5)[nH]4)cc3S(=O)(=O)O)c(S(=O)(=O)O)c2)[nH]1. The molecule has 2 heterocycles. The van der Waals surface area contributed by atoms with Gasteiger partial charge in [0.2, 0.25) is 33.7 Å². The van der Waals surface area contributed by atoms with Gasteiger partial charge in [-0.25, -0.2) is 20.0 Å². The predicted octanol–water partition coefficient (Wildman–Crippen LogP) is 2.52. The molecule has 18 nitrogen and oxygen atoms in total. The Hall–Kier alpha value is -6.74. The Labute approximate surface area is 299 Å². The minimum Gasteiger partial charge on any atom is -0.296 e. The highest BCUT2D eigenvalue weighted by atomic mass is 32.2. The molecule has 0 aliphatic carbocycles. The lowest BCUT2D eigenvalue weighted by molar-refractivity contribution is 0.480. The van der Waals surface area contributed by atoms with Gasteiger partial charge in [-0.2, -0.15) is 16.8 Å². The molecule has 2 aromatic heterocycles. The summed E-state index contributed by atoms with van der Waals surface area (Å²) in [5.74, 6) is 0. The maximum Gasteiger partial charge on any atom is 0.295 e. The van der Waals surface area contributed by atoms with Gasteiger partial charge in [-0.05, 0) is 66.1 Å². The fourth-order valence-electron chi connectivity index (χ4n) is 4.90. The summed E-state index contributed by atoms with van der Waals surface area (Å²) in [5, 5.41) is 16.1. The molecular formula is C33H30N12O6S2. The molecule has 0 aliphatic heterocycles. The Morgan fingerprint density at radius 1 is 0.528 bits per heavy atom. The van der Waals surface area contributed by atoms with Gasteiger partial charge in [0, 0.05) is 0 Å². The van der Waals surface area contributed by atoms with E-state index >= 15 is 0 Å². The predicted molar refractivity (Wildman–Crippen MR) is 191 cm³/mol. The molecule has 53 heavy (non-hydrogen) atoms. The summed E-state index contributed by atoms with van der Waals surface area (Å²) in [6.07, 6.45) is 2.48. The number of para-hydroxylation sites is 2. The summed E-state index contributed by atoms with van der Waals surface area (Å²) in [6, 6.07) is 23.9. The highest BCUT2D eigenvalue weighted by Gasteiger charge is 2.17. The maximum absolute atomic E-state index is 12.4. The van der Waals surface area contributed by atoms with E-state index in [0.717, 1.165) is 17.7 Å². The number of aryl methyl sites for hydroxylation is 1. The van der Waals surface area contributed by atoms with Crippen molar-refractivity contribution in [3.63, 3.8) is 0 Å². The standard InChI is InChI=1S/C33H30N12O6S2/c1-19-7-5-6-10-25(19)39-33-43-29(35)42-32(45-33)38-24-16-14-21(27(18-24)53(49,50)51)12-11-20-13-15-23(17-26(20)52(46,47)48)37-31-41-28(34)40-30(44-31)36-22-8-3-2-4-9-22/h2-18H,1H3,(H,46,47,48)(H,49,50,51)(H4,34,36,37,40,41,44)(H4,35,38,39,42,43,45)/b12-11+. The molecule has 4 aromatic carbocycles. The third-order valence-corrected chi connectivity index (χ3v) is 9.09. The monoisotopic (exact) mass is 754 g/mol. The first-order valence-corrected chi connectivity index (χ1v) is 18.2. The lowest BCUT2D eigenvalue weighted by Gasteiger charge is -2.07. The van der Waals surface area contributed by atoms with Crippen molar-refractivity contribution in [3.05, 3.63) is 141 Å². The van der Waals surface area contributed by atoms with Gasteiger partial charge in [-0.15, -0.1) is 0 Å². The Balaban J connectivity index is 1.36. The zero-order valence-corrected chi connectivity index (χ0v) is 29.1. The molecule has 0 saturated carbocycles. The molecule has 0 spiro atoms. The van der Waals surface area contributed by atoms with Crippen LogP contribution in [-0.4, -0.2) is 55.8 Å². The van der Waals surface area contributed by atoms with E-state index in [9.17, 15) is 25.9 Å². The minimum atomic E-state index is -4.83. The maximum atomic E-state index is 12.4. The third-order valence-electron chi connectivity index (χ3n) is 7.27. The van der Waals surface area contributed by atoms with Crippen LogP contribution in [0.25, 0.3) is 12.2 Å². The first-order valence-electron chi connectivity index (χ1n) is 15.4. The van der Waals surface area contributed by atoms with Gasteiger partial charge in [0.1, 0.15) is 9.79 Å². The highest BCUT2D eigenvalue weighted by molar-refractivity contribution is 7.86. The minimum absolute atomic E-state index is 0.0327. The zero-order chi connectivity index (χ0) is 37.8. The lowest BCUT2D eigenvalue weighted by Crippen LogP contribution is -2.36. The summed E-state index contributed by atoms with van der Waals surface area (Å²) >= 11 is 0. The first kappa shape index (κ1) is 36.1. The van der Waals surface area contributed by atoms with Crippen molar-refractivity contribution in [2.45, 2.75) is 16.7 Å². The van der Waals surface area contributed by atoms with E-state index in [1.807, 2.05) is 31.2 Å². The van der Waals surface area contributed by atoms with Gasteiger partial charge in [-0.3, -0.25) is 49.8 Å². The normalized spacial score (nSPS) is 13.6. The summed E-state index contributed by atoms with van der Waals surface area (Å²) in [5.41, 5.74) is 2.34. The molecule has 270 valence electrons. The van der Waals surface area contributed by atoms with Crippen LogP contribution in [0.3, 0.4) is 0 Å². The molecule has 0 atom stereocenters. The second kappa shape index (κ2) is 14.9. The van der Waals surface area contributed by atoms with Crippen molar-refractivity contribution in [1.29, 1.82) is 10.8 Å². The van der Waals surface area contributed by atoms with Gasteiger partial charge >= 0.3 is 0 Å². The van der Waals surface area contributed by atoms with Crippen LogP contribution in [0.5, 0.6) is 0 Å². The number of rotatable bonds is 8. The molecule has 0 bridgehead atoms. The number of benzene rings is 4. The molecule has 6 rings (SSSR count). The van der Waals surface area contributed by atoms with Gasteiger partial charge in [-0.1, -0.05) is 60.7 Å². The van der Waals surface area contributed by atoms with E-state index < -0.39 is 30.0 Å².